The maximum absolute atomic E-state index is 14.5. The SMILES string of the molecule is CCCCCCC(NC(C)=O)(C(=O)N(CC)CC)c1c(C)n(C(=O)c2ccc(Cl)cc2)c2ccc(OC(C)=O)cc12. The number of ether oxygens (including phenoxy) is 1. The predicted molar refractivity (Wildman–Crippen MR) is 161 cm³/mol. The molecule has 2 amide bonds. The van der Waals surface area contributed by atoms with Gasteiger partial charge >= 0.3 is 5.97 Å². The summed E-state index contributed by atoms with van der Waals surface area (Å²) >= 11 is 6.08. The van der Waals surface area contributed by atoms with Gasteiger partial charge in [0.1, 0.15) is 11.3 Å². The molecule has 41 heavy (non-hydrogen) atoms. The van der Waals surface area contributed by atoms with Gasteiger partial charge < -0.3 is 15.0 Å². The first kappa shape index (κ1) is 31.9. The van der Waals surface area contributed by atoms with Crippen LogP contribution in [0.5, 0.6) is 5.75 Å². The number of rotatable bonds is 12. The summed E-state index contributed by atoms with van der Waals surface area (Å²) in [6, 6.07) is 11.6. The number of hydrogen-bond donors (Lipinski definition) is 1. The molecule has 0 aliphatic heterocycles. The lowest BCUT2D eigenvalue weighted by molar-refractivity contribution is -0.142. The monoisotopic (exact) mass is 581 g/mol. The number of amides is 2. The zero-order valence-corrected chi connectivity index (χ0v) is 25.6. The van der Waals surface area contributed by atoms with Crippen molar-refractivity contribution >= 4 is 46.2 Å². The number of esters is 1. The summed E-state index contributed by atoms with van der Waals surface area (Å²) in [7, 11) is 0. The second-order valence-electron chi connectivity index (χ2n) is 10.3. The van der Waals surface area contributed by atoms with Gasteiger partial charge in [-0.1, -0.05) is 44.2 Å². The molecule has 0 fully saturated rings. The molecule has 1 atom stereocenters. The Morgan fingerprint density at radius 1 is 0.951 bits per heavy atom. The smallest absolute Gasteiger partial charge is 0.308 e. The van der Waals surface area contributed by atoms with Crippen molar-refractivity contribution in [3.63, 3.8) is 0 Å². The topological polar surface area (TPSA) is 97.7 Å². The summed E-state index contributed by atoms with van der Waals surface area (Å²) in [6.07, 6.45) is 3.90. The summed E-state index contributed by atoms with van der Waals surface area (Å²) in [5.74, 6) is -1.13. The number of halogens is 1. The number of nitrogens with zero attached hydrogens (tertiary/aromatic N) is 2. The van der Waals surface area contributed by atoms with Crippen LogP contribution >= 0.6 is 11.6 Å². The Morgan fingerprint density at radius 2 is 1.61 bits per heavy atom. The summed E-state index contributed by atoms with van der Waals surface area (Å²) in [6.45, 7) is 11.3. The van der Waals surface area contributed by atoms with Crippen molar-refractivity contribution in [3.8, 4) is 5.75 Å². The maximum Gasteiger partial charge on any atom is 0.308 e. The quantitative estimate of drug-likeness (QED) is 0.152. The average molecular weight is 582 g/mol. The zero-order chi connectivity index (χ0) is 30.3. The van der Waals surface area contributed by atoms with Gasteiger partial charge in [0.15, 0.2) is 0 Å². The second-order valence-corrected chi connectivity index (χ2v) is 10.7. The molecule has 3 rings (SSSR count). The lowest BCUT2D eigenvalue weighted by atomic mass is 9.81. The summed E-state index contributed by atoms with van der Waals surface area (Å²) in [4.78, 5) is 54.9. The van der Waals surface area contributed by atoms with Crippen LogP contribution in [0, 0.1) is 6.92 Å². The number of likely N-dealkylation sites (N-methyl/N-ethyl adjacent to an activating group) is 1. The number of aromatic nitrogens is 1. The highest BCUT2D eigenvalue weighted by Gasteiger charge is 2.46. The zero-order valence-electron chi connectivity index (χ0n) is 24.8. The third kappa shape index (κ3) is 6.81. The van der Waals surface area contributed by atoms with Crippen molar-refractivity contribution in [3.05, 3.63) is 64.3 Å². The molecule has 1 unspecified atom stereocenters. The maximum atomic E-state index is 14.5. The fourth-order valence-corrected chi connectivity index (χ4v) is 5.69. The summed E-state index contributed by atoms with van der Waals surface area (Å²) < 4.78 is 6.97. The van der Waals surface area contributed by atoms with Gasteiger partial charge in [-0.3, -0.25) is 23.7 Å². The molecule has 0 saturated heterocycles. The van der Waals surface area contributed by atoms with Gasteiger partial charge in [0.2, 0.25) is 5.91 Å². The highest BCUT2D eigenvalue weighted by Crippen LogP contribution is 2.41. The number of carbonyl (C=O) groups excluding carboxylic acids is 4. The van der Waals surface area contributed by atoms with Crippen LogP contribution in [-0.4, -0.2) is 46.2 Å². The van der Waals surface area contributed by atoms with E-state index in [4.69, 9.17) is 16.3 Å². The molecule has 0 bridgehead atoms. The van der Waals surface area contributed by atoms with Crippen molar-refractivity contribution < 1.29 is 23.9 Å². The molecule has 2 aromatic carbocycles. The first-order valence-corrected chi connectivity index (χ1v) is 14.6. The number of benzene rings is 2. The molecular weight excluding hydrogens is 542 g/mol. The normalized spacial score (nSPS) is 12.6. The first-order valence-electron chi connectivity index (χ1n) is 14.2. The van der Waals surface area contributed by atoms with Gasteiger partial charge in [0.25, 0.3) is 11.8 Å². The highest BCUT2D eigenvalue weighted by molar-refractivity contribution is 6.30. The molecule has 0 saturated carbocycles. The molecule has 1 heterocycles. The number of unbranched alkanes of at least 4 members (excludes halogenated alkanes) is 3. The van der Waals surface area contributed by atoms with Crippen LogP contribution < -0.4 is 10.1 Å². The number of nitrogens with one attached hydrogen (secondary N) is 1. The lowest BCUT2D eigenvalue weighted by Crippen LogP contribution is -2.57. The van der Waals surface area contributed by atoms with Crippen molar-refractivity contribution in [1.82, 2.24) is 14.8 Å². The van der Waals surface area contributed by atoms with E-state index in [0.717, 1.165) is 19.3 Å². The molecule has 1 aromatic heterocycles. The van der Waals surface area contributed by atoms with Gasteiger partial charge in [-0.05, 0) is 69.7 Å². The molecule has 220 valence electrons. The largest absolute Gasteiger partial charge is 0.427 e. The fraction of sp³-hybridized carbons (Fsp3) is 0.438. The van der Waals surface area contributed by atoms with E-state index in [1.807, 2.05) is 13.8 Å². The van der Waals surface area contributed by atoms with Gasteiger partial charge in [-0.25, -0.2) is 0 Å². The van der Waals surface area contributed by atoms with Gasteiger partial charge in [-0.2, -0.15) is 0 Å². The third-order valence-corrected chi connectivity index (χ3v) is 7.62. The minimum Gasteiger partial charge on any atom is -0.427 e. The van der Waals surface area contributed by atoms with Crippen LogP contribution in [0.4, 0.5) is 0 Å². The van der Waals surface area contributed by atoms with Gasteiger partial charge in [-0.15, -0.1) is 0 Å². The molecular formula is C32H40ClN3O5. The molecule has 0 spiro atoms. The average Bonchev–Trinajstić information content (AvgIpc) is 3.21. The Balaban J connectivity index is 2.43. The van der Waals surface area contributed by atoms with Crippen LogP contribution in [0.1, 0.15) is 88.3 Å². The molecule has 0 aliphatic rings. The van der Waals surface area contributed by atoms with E-state index in [1.165, 1.54) is 13.8 Å². The Kier molecular flexibility index (Phi) is 10.7. The lowest BCUT2D eigenvalue weighted by Gasteiger charge is -2.38. The van der Waals surface area contributed by atoms with E-state index in [1.54, 1.807) is 58.9 Å². The van der Waals surface area contributed by atoms with E-state index in [-0.39, 0.29) is 23.5 Å². The van der Waals surface area contributed by atoms with E-state index in [9.17, 15) is 19.2 Å². The van der Waals surface area contributed by atoms with Crippen LogP contribution in [0.25, 0.3) is 10.9 Å². The second kappa shape index (κ2) is 13.8. The molecule has 3 aromatic rings. The Hall–Kier alpha value is -3.65. The molecule has 0 aliphatic carbocycles. The molecule has 0 radical (unpaired) electrons. The predicted octanol–water partition coefficient (Wildman–Crippen LogP) is 6.39. The van der Waals surface area contributed by atoms with E-state index in [0.29, 0.717) is 58.7 Å². The first-order chi connectivity index (χ1) is 19.5. The van der Waals surface area contributed by atoms with Crippen LogP contribution in [0.3, 0.4) is 0 Å². The van der Waals surface area contributed by atoms with Gasteiger partial charge in [0.05, 0.1) is 5.52 Å². The van der Waals surface area contributed by atoms with E-state index >= 15 is 0 Å². The Bertz CT molecular complexity index is 1430. The van der Waals surface area contributed by atoms with Crippen molar-refractivity contribution in [2.24, 2.45) is 0 Å². The highest BCUT2D eigenvalue weighted by atomic mass is 35.5. The van der Waals surface area contributed by atoms with Gasteiger partial charge in [0, 0.05) is 54.2 Å². The minimum atomic E-state index is -1.45. The molecule has 9 heteroatoms. The number of carbonyl (C=O) groups is 4. The minimum absolute atomic E-state index is 0.242. The number of fused-ring (bicyclic) bond motifs is 1. The summed E-state index contributed by atoms with van der Waals surface area (Å²) in [5.41, 5.74) is 0.531. The van der Waals surface area contributed by atoms with Crippen molar-refractivity contribution in [1.29, 1.82) is 0 Å². The van der Waals surface area contributed by atoms with E-state index in [2.05, 4.69) is 12.2 Å². The molecule has 8 nitrogen and oxygen atoms in total. The Labute approximate surface area is 247 Å². The van der Waals surface area contributed by atoms with Crippen LogP contribution in [-0.2, 0) is 19.9 Å². The third-order valence-electron chi connectivity index (χ3n) is 7.37. The van der Waals surface area contributed by atoms with Crippen molar-refractivity contribution in [2.75, 3.05) is 13.1 Å². The standard InChI is InChI=1S/C32H40ClN3O5/c1-7-10-11-12-19-32(34-22(5)37,31(40)35(8-2)9-3)29-21(4)36(30(39)24-13-15-25(33)16-14-24)28-18-17-26(20-27(28)29)41-23(6)38/h13-18,20H,7-12,19H2,1-6H3,(H,34,37). The van der Waals surface area contributed by atoms with E-state index < -0.39 is 11.5 Å². The number of hydrogen-bond acceptors (Lipinski definition) is 5. The fourth-order valence-electron chi connectivity index (χ4n) is 5.56. The Morgan fingerprint density at radius 3 is 2.17 bits per heavy atom. The molecule has 1 N–H and O–H groups in total. The van der Waals surface area contributed by atoms with Crippen molar-refractivity contribution in [2.45, 2.75) is 79.2 Å². The van der Waals surface area contributed by atoms with Crippen LogP contribution in [0.2, 0.25) is 5.02 Å². The summed E-state index contributed by atoms with van der Waals surface area (Å²) in [5, 5.41) is 4.10. The van der Waals surface area contributed by atoms with Crippen LogP contribution in [0.15, 0.2) is 42.5 Å².